The van der Waals surface area contributed by atoms with Gasteiger partial charge in [-0.2, -0.15) is 0 Å². The number of carbonyl (C=O) groups excluding carboxylic acids is 3. The number of urea groups is 1. The maximum absolute atomic E-state index is 12.9. The highest BCUT2D eigenvalue weighted by Crippen LogP contribution is 2.29. The van der Waals surface area contributed by atoms with Crippen LogP contribution in [-0.4, -0.2) is 25.0 Å². The van der Waals surface area contributed by atoms with E-state index in [2.05, 4.69) is 21.2 Å². The first-order valence-electron chi connectivity index (χ1n) is 7.82. The van der Waals surface area contributed by atoms with E-state index in [1.54, 1.807) is 37.3 Å². The van der Waals surface area contributed by atoms with E-state index >= 15 is 0 Å². The number of barbiturate groups is 1. The minimum atomic E-state index is -0.820. The van der Waals surface area contributed by atoms with E-state index in [1.165, 1.54) is 19.3 Å². The second-order valence-corrected chi connectivity index (χ2v) is 7.17. The third kappa shape index (κ3) is 3.89. The summed E-state index contributed by atoms with van der Waals surface area (Å²) in [5.41, 5.74) is 1.38. The third-order valence-corrected chi connectivity index (χ3v) is 4.65. The molecule has 0 unspecified atom stereocenters. The van der Waals surface area contributed by atoms with Crippen LogP contribution in [0.15, 0.2) is 46.4 Å². The number of ether oxygens (including phenoxy) is 1. The molecule has 0 bridgehead atoms. The summed E-state index contributed by atoms with van der Waals surface area (Å²) in [6, 6.07) is 9.17. The quantitative estimate of drug-likeness (QED) is 0.566. The summed E-state index contributed by atoms with van der Waals surface area (Å²) in [6.45, 7) is 1.74. The second kappa shape index (κ2) is 7.54. The number of aryl methyl sites for hydroxylation is 1. The lowest BCUT2D eigenvalue weighted by Crippen LogP contribution is -2.54. The van der Waals surface area contributed by atoms with Gasteiger partial charge in [0.05, 0.1) is 12.8 Å². The number of halogens is 2. The van der Waals surface area contributed by atoms with Gasteiger partial charge in [0, 0.05) is 9.50 Å². The van der Waals surface area contributed by atoms with E-state index in [1.807, 2.05) is 0 Å². The molecule has 0 radical (unpaired) electrons. The normalized spacial score (nSPS) is 15.9. The third-order valence-electron chi connectivity index (χ3n) is 3.95. The number of nitrogens with zero attached hydrogens (tertiary/aromatic N) is 1. The number of amides is 4. The molecular weight excluding hydrogens is 436 g/mol. The molecule has 0 aromatic heterocycles. The molecule has 1 heterocycles. The Morgan fingerprint density at radius 2 is 1.89 bits per heavy atom. The van der Waals surface area contributed by atoms with Gasteiger partial charge >= 0.3 is 6.03 Å². The predicted octanol–water partition coefficient (Wildman–Crippen LogP) is 4.09. The molecule has 27 heavy (non-hydrogen) atoms. The summed E-state index contributed by atoms with van der Waals surface area (Å²) in [4.78, 5) is 38.4. The van der Waals surface area contributed by atoms with Gasteiger partial charge in [-0.25, -0.2) is 9.69 Å². The SMILES string of the molecule is COc1cc(Br)cc(/C=C2\C(=O)NC(=O)N(c3cc(Cl)ccc3C)C2=O)c1. The van der Waals surface area contributed by atoms with E-state index in [9.17, 15) is 14.4 Å². The zero-order valence-corrected chi connectivity index (χ0v) is 16.7. The molecular formula is C19H14BrClN2O4. The molecule has 3 rings (SSSR count). The first kappa shape index (κ1) is 19.1. The summed E-state index contributed by atoms with van der Waals surface area (Å²) < 4.78 is 5.91. The number of carbonyl (C=O) groups is 3. The van der Waals surface area contributed by atoms with Gasteiger partial charge in [-0.3, -0.25) is 14.9 Å². The van der Waals surface area contributed by atoms with Gasteiger partial charge in [0.2, 0.25) is 0 Å². The Kier molecular flexibility index (Phi) is 5.34. The molecule has 138 valence electrons. The predicted molar refractivity (Wildman–Crippen MR) is 106 cm³/mol. The minimum Gasteiger partial charge on any atom is -0.497 e. The van der Waals surface area contributed by atoms with Gasteiger partial charge in [-0.1, -0.05) is 33.6 Å². The van der Waals surface area contributed by atoms with Gasteiger partial charge in [0.15, 0.2) is 0 Å². The molecule has 1 saturated heterocycles. The Morgan fingerprint density at radius 3 is 2.59 bits per heavy atom. The van der Waals surface area contributed by atoms with Gasteiger partial charge in [-0.05, 0) is 54.5 Å². The molecule has 1 aliphatic rings. The van der Waals surface area contributed by atoms with Crippen molar-refractivity contribution in [3.63, 3.8) is 0 Å². The highest BCUT2D eigenvalue weighted by Gasteiger charge is 2.37. The summed E-state index contributed by atoms with van der Waals surface area (Å²) >= 11 is 9.36. The first-order valence-corrected chi connectivity index (χ1v) is 8.99. The molecule has 1 aliphatic heterocycles. The van der Waals surface area contributed by atoms with Crippen LogP contribution in [0, 0.1) is 6.92 Å². The number of rotatable bonds is 3. The maximum Gasteiger partial charge on any atom is 0.335 e. The molecule has 6 nitrogen and oxygen atoms in total. The van der Waals surface area contributed by atoms with Crippen molar-refractivity contribution in [1.29, 1.82) is 0 Å². The summed E-state index contributed by atoms with van der Waals surface area (Å²) in [5, 5.41) is 2.56. The van der Waals surface area contributed by atoms with E-state index in [0.29, 0.717) is 27.6 Å². The van der Waals surface area contributed by atoms with Crippen LogP contribution in [0.2, 0.25) is 5.02 Å². The van der Waals surface area contributed by atoms with Crippen molar-refractivity contribution in [2.24, 2.45) is 0 Å². The largest absolute Gasteiger partial charge is 0.497 e. The first-order chi connectivity index (χ1) is 12.8. The van der Waals surface area contributed by atoms with Gasteiger partial charge in [-0.15, -0.1) is 0 Å². The average molecular weight is 450 g/mol. The van der Waals surface area contributed by atoms with Crippen molar-refractivity contribution in [1.82, 2.24) is 5.32 Å². The summed E-state index contributed by atoms with van der Waals surface area (Å²) in [7, 11) is 1.51. The Balaban J connectivity index is 2.08. The van der Waals surface area contributed by atoms with E-state index in [0.717, 1.165) is 9.37 Å². The van der Waals surface area contributed by atoms with Crippen molar-refractivity contribution >= 4 is 57.1 Å². The number of hydrogen-bond acceptors (Lipinski definition) is 4. The van der Waals surface area contributed by atoms with Crippen LogP contribution in [0.1, 0.15) is 11.1 Å². The fourth-order valence-corrected chi connectivity index (χ4v) is 3.31. The lowest BCUT2D eigenvalue weighted by Gasteiger charge is -2.27. The fraction of sp³-hybridized carbons (Fsp3) is 0.105. The Morgan fingerprint density at radius 1 is 1.15 bits per heavy atom. The van der Waals surface area contributed by atoms with Crippen molar-refractivity contribution in [3.8, 4) is 5.75 Å². The Hall–Kier alpha value is -2.64. The maximum atomic E-state index is 12.9. The number of hydrogen-bond donors (Lipinski definition) is 1. The standard InChI is InChI=1S/C19H14BrClN2O4/c1-10-3-4-13(21)9-16(10)23-18(25)15(17(24)22-19(23)26)7-11-5-12(20)8-14(6-11)27-2/h3-9H,1-2H3,(H,22,24,26)/b15-7+. The van der Waals surface area contributed by atoms with Crippen molar-refractivity contribution < 1.29 is 19.1 Å². The summed E-state index contributed by atoms with van der Waals surface area (Å²) in [5.74, 6) is -0.938. The molecule has 1 N–H and O–H groups in total. The highest BCUT2D eigenvalue weighted by molar-refractivity contribution is 9.10. The number of anilines is 1. The van der Waals surface area contributed by atoms with Crippen molar-refractivity contribution in [2.75, 3.05) is 12.0 Å². The molecule has 2 aromatic carbocycles. The van der Waals surface area contributed by atoms with Crippen LogP contribution in [0.3, 0.4) is 0 Å². The smallest absolute Gasteiger partial charge is 0.335 e. The van der Waals surface area contributed by atoms with Gasteiger partial charge in [0.25, 0.3) is 11.8 Å². The van der Waals surface area contributed by atoms with E-state index in [-0.39, 0.29) is 5.57 Å². The zero-order valence-electron chi connectivity index (χ0n) is 14.4. The fourth-order valence-electron chi connectivity index (χ4n) is 2.65. The van der Waals surface area contributed by atoms with E-state index in [4.69, 9.17) is 16.3 Å². The Labute approximate surface area is 168 Å². The number of methoxy groups -OCH3 is 1. The monoisotopic (exact) mass is 448 g/mol. The Bertz CT molecular complexity index is 1000. The molecule has 0 saturated carbocycles. The van der Waals surface area contributed by atoms with Crippen LogP contribution in [0.5, 0.6) is 5.75 Å². The van der Waals surface area contributed by atoms with Crippen LogP contribution < -0.4 is 15.0 Å². The highest BCUT2D eigenvalue weighted by atomic mass is 79.9. The average Bonchev–Trinajstić information content (AvgIpc) is 2.61. The zero-order chi connectivity index (χ0) is 19.7. The van der Waals surface area contributed by atoms with Crippen LogP contribution >= 0.6 is 27.5 Å². The van der Waals surface area contributed by atoms with Crippen LogP contribution in [-0.2, 0) is 9.59 Å². The van der Waals surface area contributed by atoms with Crippen molar-refractivity contribution in [3.05, 3.63) is 62.6 Å². The van der Waals surface area contributed by atoms with Crippen LogP contribution in [0.4, 0.5) is 10.5 Å². The number of benzene rings is 2. The molecule has 0 spiro atoms. The van der Waals surface area contributed by atoms with Crippen LogP contribution in [0.25, 0.3) is 6.08 Å². The molecule has 2 aromatic rings. The lowest BCUT2D eigenvalue weighted by atomic mass is 10.1. The second-order valence-electron chi connectivity index (χ2n) is 5.81. The van der Waals surface area contributed by atoms with Gasteiger partial charge in [0.1, 0.15) is 11.3 Å². The molecule has 1 fully saturated rings. The topological polar surface area (TPSA) is 75.7 Å². The number of nitrogens with one attached hydrogen (secondary N) is 1. The van der Waals surface area contributed by atoms with E-state index < -0.39 is 17.8 Å². The molecule has 0 aliphatic carbocycles. The molecule has 8 heteroatoms. The number of imide groups is 2. The molecule has 0 atom stereocenters. The summed E-state index contributed by atoms with van der Waals surface area (Å²) in [6.07, 6.45) is 1.41. The van der Waals surface area contributed by atoms with Gasteiger partial charge < -0.3 is 4.74 Å². The lowest BCUT2D eigenvalue weighted by molar-refractivity contribution is -0.122. The van der Waals surface area contributed by atoms with Crippen molar-refractivity contribution in [2.45, 2.75) is 6.92 Å². The molecule has 4 amide bonds. The minimum absolute atomic E-state index is 0.172.